The van der Waals surface area contributed by atoms with E-state index in [0.29, 0.717) is 18.8 Å². The normalized spacial score (nSPS) is 18.1. The highest BCUT2D eigenvalue weighted by Crippen LogP contribution is 2.28. The molecular formula is C24H34FN5O3. The molecule has 1 N–H and O–H groups in total. The van der Waals surface area contributed by atoms with Crippen LogP contribution in [0.15, 0.2) is 16.9 Å². The number of halogens is 1. The van der Waals surface area contributed by atoms with E-state index in [9.17, 15) is 9.59 Å². The van der Waals surface area contributed by atoms with Crippen LogP contribution in [0.4, 0.5) is 4.39 Å². The summed E-state index contributed by atoms with van der Waals surface area (Å²) < 4.78 is 24.1. The minimum atomic E-state index is -0.670. The van der Waals surface area contributed by atoms with Gasteiger partial charge >= 0.3 is 5.69 Å². The predicted octanol–water partition coefficient (Wildman–Crippen LogP) is 2.90. The topological polar surface area (TPSA) is 81.4 Å². The van der Waals surface area contributed by atoms with Crippen molar-refractivity contribution in [3.05, 3.63) is 39.8 Å². The van der Waals surface area contributed by atoms with Gasteiger partial charge in [-0.2, -0.15) is 4.68 Å². The molecule has 0 bridgehead atoms. The number of rotatable bonds is 7. The van der Waals surface area contributed by atoms with Gasteiger partial charge < -0.3 is 15.0 Å². The van der Waals surface area contributed by atoms with Crippen molar-refractivity contribution in [2.24, 2.45) is 0 Å². The average Bonchev–Trinajstić information content (AvgIpc) is 3.13. The van der Waals surface area contributed by atoms with Crippen LogP contribution in [0.25, 0.3) is 5.69 Å². The van der Waals surface area contributed by atoms with Crippen molar-refractivity contribution < 1.29 is 13.9 Å². The van der Waals surface area contributed by atoms with E-state index in [2.05, 4.69) is 29.3 Å². The number of carbonyl (C=O) groups excluding carboxylic acids is 1. The number of aryl methyl sites for hydroxylation is 1. The van der Waals surface area contributed by atoms with Crippen molar-refractivity contribution in [3.63, 3.8) is 0 Å². The predicted molar refractivity (Wildman–Crippen MR) is 124 cm³/mol. The Hall–Kier alpha value is -2.68. The number of amides is 1. The number of nitrogens with zero attached hydrogens (tertiary/aromatic N) is 4. The van der Waals surface area contributed by atoms with Gasteiger partial charge in [-0.05, 0) is 65.2 Å². The molecule has 3 heterocycles. The third kappa shape index (κ3) is 5.13. The molecule has 0 aliphatic carbocycles. The second-order valence-corrected chi connectivity index (χ2v) is 9.29. The summed E-state index contributed by atoms with van der Waals surface area (Å²) in [6.45, 7) is 6.38. The molecule has 1 atom stereocenters. The zero-order valence-electron chi connectivity index (χ0n) is 19.8. The van der Waals surface area contributed by atoms with Crippen molar-refractivity contribution in [2.45, 2.75) is 77.5 Å². The number of aromatic nitrogens is 3. The summed E-state index contributed by atoms with van der Waals surface area (Å²) in [7, 11) is 2.06. The molecule has 2 aromatic rings. The smallest absolute Gasteiger partial charge is 0.350 e. The van der Waals surface area contributed by atoms with E-state index in [0.717, 1.165) is 56.3 Å². The molecule has 8 nitrogen and oxygen atoms in total. The van der Waals surface area contributed by atoms with Crippen LogP contribution in [0, 0.1) is 5.82 Å². The van der Waals surface area contributed by atoms with Crippen molar-refractivity contribution in [3.8, 4) is 11.4 Å². The quantitative estimate of drug-likeness (QED) is 0.689. The fraction of sp³-hybridized carbons (Fsp3) is 0.625. The number of likely N-dealkylation sites (tertiary alicyclic amines) is 1. The van der Waals surface area contributed by atoms with Gasteiger partial charge in [0.05, 0.1) is 11.7 Å². The minimum absolute atomic E-state index is 0.0106. The number of ether oxygens (including phenoxy) is 1. The summed E-state index contributed by atoms with van der Waals surface area (Å²) in [6.07, 6.45) is 5.80. The van der Waals surface area contributed by atoms with Gasteiger partial charge in [-0.15, -0.1) is 5.10 Å². The third-order valence-electron chi connectivity index (χ3n) is 6.57. The molecule has 0 spiro atoms. The number of hydrogen-bond donors (Lipinski definition) is 1. The van der Waals surface area contributed by atoms with Crippen LogP contribution in [0.3, 0.4) is 0 Å². The summed E-state index contributed by atoms with van der Waals surface area (Å²) >= 11 is 0. The van der Waals surface area contributed by atoms with E-state index < -0.39 is 5.82 Å². The Morgan fingerprint density at radius 2 is 2.03 bits per heavy atom. The van der Waals surface area contributed by atoms with Crippen molar-refractivity contribution in [1.29, 1.82) is 0 Å². The Morgan fingerprint density at radius 3 is 2.73 bits per heavy atom. The highest BCUT2D eigenvalue weighted by Gasteiger charge is 2.26. The SMILES string of the molecule is CCC[C@H](C)Oc1cc(-n2nc3n(c2=O)CCCC3)c(F)cc1C(=O)NC1CCN(C)CC1. The summed E-state index contributed by atoms with van der Waals surface area (Å²) in [6, 6.07) is 2.67. The van der Waals surface area contributed by atoms with Crippen LogP contribution in [0.5, 0.6) is 5.75 Å². The molecule has 4 rings (SSSR count). The number of piperidine rings is 1. The van der Waals surface area contributed by atoms with Gasteiger partial charge in [-0.25, -0.2) is 9.18 Å². The molecule has 1 fully saturated rings. The Kier molecular flexibility index (Phi) is 7.17. The lowest BCUT2D eigenvalue weighted by atomic mass is 10.0. The van der Waals surface area contributed by atoms with Gasteiger partial charge in [0.25, 0.3) is 5.91 Å². The third-order valence-corrected chi connectivity index (χ3v) is 6.57. The van der Waals surface area contributed by atoms with E-state index in [1.807, 2.05) is 6.92 Å². The number of carbonyl (C=O) groups is 1. The van der Waals surface area contributed by atoms with Crippen LogP contribution in [0.2, 0.25) is 0 Å². The number of fused-ring (bicyclic) bond motifs is 1. The second-order valence-electron chi connectivity index (χ2n) is 9.29. The van der Waals surface area contributed by atoms with Gasteiger partial charge in [0, 0.05) is 25.1 Å². The zero-order chi connectivity index (χ0) is 23.5. The maximum absolute atomic E-state index is 15.3. The van der Waals surface area contributed by atoms with Crippen LogP contribution in [0.1, 0.15) is 68.6 Å². The molecule has 0 radical (unpaired) electrons. The first-order chi connectivity index (χ1) is 15.9. The highest BCUT2D eigenvalue weighted by molar-refractivity contribution is 5.97. The zero-order valence-corrected chi connectivity index (χ0v) is 19.8. The standard InChI is InChI=1S/C24H34FN5O3/c1-4-7-16(2)33-21-15-20(30-24(32)29-11-6-5-8-22(29)27-30)19(25)14-18(21)23(31)26-17-9-12-28(3)13-10-17/h14-17H,4-13H2,1-3H3,(H,26,31)/t16-/m0/s1. The first-order valence-corrected chi connectivity index (χ1v) is 12.1. The van der Waals surface area contributed by atoms with Gasteiger partial charge in [-0.1, -0.05) is 13.3 Å². The summed E-state index contributed by atoms with van der Waals surface area (Å²) in [5.74, 6) is -0.0889. The molecule has 0 unspecified atom stereocenters. The highest BCUT2D eigenvalue weighted by atomic mass is 19.1. The molecule has 0 saturated carbocycles. The van der Waals surface area contributed by atoms with Crippen LogP contribution in [-0.2, 0) is 13.0 Å². The second kappa shape index (κ2) is 10.1. The molecular weight excluding hydrogens is 425 g/mol. The lowest BCUT2D eigenvalue weighted by Gasteiger charge is -2.29. The number of hydrogen-bond acceptors (Lipinski definition) is 5. The molecule has 2 aliphatic rings. The monoisotopic (exact) mass is 459 g/mol. The summed E-state index contributed by atoms with van der Waals surface area (Å²) in [5.41, 5.74) is -0.203. The fourth-order valence-electron chi connectivity index (χ4n) is 4.63. The van der Waals surface area contributed by atoms with Crippen molar-refractivity contribution >= 4 is 5.91 Å². The summed E-state index contributed by atoms with van der Waals surface area (Å²) in [5, 5.41) is 7.42. The van der Waals surface area contributed by atoms with Crippen molar-refractivity contribution in [2.75, 3.05) is 20.1 Å². The number of nitrogens with one attached hydrogen (secondary N) is 1. The molecule has 9 heteroatoms. The fourth-order valence-corrected chi connectivity index (χ4v) is 4.63. The van der Waals surface area contributed by atoms with Crippen LogP contribution >= 0.6 is 0 Å². The lowest BCUT2D eigenvalue weighted by Crippen LogP contribution is -2.43. The van der Waals surface area contributed by atoms with E-state index in [-0.39, 0.29) is 40.7 Å². The molecule has 1 amide bonds. The van der Waals surface area contributed by atoms with E-state index in [1.54, 1.807) is 4.57 Å². The molecule has 33 heavy (non-hydrogen) atoms. The first kappa shape index (κ1) is 23.5. The Bertz CT molecular complexity index is 1060. The molecule has 2 aliphatic heterocycles. The van der Waals surface area contributed by atoms with E-state index in [1.165, 1.54) is 12.1 Å². The molecule has 180 valence electrons. The Morgan fingerprint density at radius 1 is 1.27 bits per heavy atom. The van der Waals surface area contributed by atoms with Crippen LogP contribution < -0.4 is 15.7 Å². The Balaban J connectivity index is 1.68. The summed E-state index contributed by atoms with van der Waals surface area (Å²) in [4.78, 5) is 28.2. The maximum Gasteiger partial charge on any atom is 0.350 e. The molecule has 1 saturated heterocycles. The van der Waals surface area contributed by atoms with Crippen molar-refractivity contribution in [1.82, 2.24) is 24.6 Å². The van der Waals surface area contributed by atoms with E-state index >= 15 is 4.39 Å². The van der Waals surface area contributed by atoms with Gasteiger partial charge in [0.2, 0.25) is 0 Å². The first-order valence-electron chi connectivity index (χ1n) is 12.1. The van der Waals surface area contributed by atoms with Gasteiger partial charge in [0.1, 0.15) is 23.1 Å². The molecule has 1 aromatic heterocycles. The van der Waals surface area contributed by atoms with Gasteiger partial charge in [0.15, 0.2) is 0 Å². The Labute approximate surface area is 193 Å². The maximum atomic E-state index is 15.3. The van der Waals surface area contributed by atoms with E-state index in [4.69, 9.17) is 4.74 Å². The van der Waals surface area contributed by atoms with Crippen LogP contribution in [-0.4, -0.2) is 57.4 Å². The average molecular weight is 460 g/mol. The van der Waals surface area contributed by atoms with Gasteiger partial charge in [-0.3, -0.25) is 9.36 Å². The lowest BCUT2D eigenvalue weighted by molar-refractivity contribution is 0.0909. The largest absolute Gasteiger partial charge is 0.490 e. The molecule has 1 aromatic carbocycles. The minimum Gasteiger partial charge on any atom is -0.490 e. The number of benzene rings is 1.